The van der Waals surface area contributed by atoms with E-state index in [-0.39, 0.29) is 0 Å². The second-order valence-corrected chi connectivity index (χ2v) is 11.9. The molecular formula is C24H21Cl2N7OS2. The predicted molar refractivity (Wildman–Crippen MR) is 145 cm³/mol. The van der Waals surface area contributed by atoms with Crippen LogP contribution in [0.4, 0.5) is 0 Å². The standard InChI is InChI=1S/C24H21Cl2N7OS2/c1-14-2-4-15(5-3-14)18-19(21-27-6-8-32(21)12-16-10-29-23(25)35-16)31-34-20(18)22-28-7-9-33(22)13-17-11-30-24(26)36-17/h2-5,10-11H,6-9,12-13H2,1H3. The number of aromatic nitrogens is 3. The summed E-state index contributed by atoms with van der Waals surface area (Å²) in [6.07, 6.45) is 3.63. The van der Waals surface area contributed by atoms with Crippen LogP contribution in [0.2, 0.25) is 8.93 Å². The number of benzene rings is 1. The van der Waals surface area contributed by atoms with E-state index in [0.717, 1.165) is 51.3 Å². The Hall–Kier alpha value is -2.79. The third-order valence-electron chi connectivity index (χ3n) is 6.05. The highest BCUT2D eigenvalue weighted by Gasteiger charge is 2.33. The molecule has 1 aromatic carbocycles. The quantitative estimate of drug-likeness (QED) is 0.302. The second-order valence-electron chi connectivity index (χ2n) is 8.51. The van der Waals surface area contributed by atoms with Gasteiger partial charge >= 0.3 is 0 Å². The molecule has 0 saturated heterocycles. The van der Waals surface area contributed by atoms with Crippen molar-refractivity contribution in [2.24, 2.45) is 9.98 Å². The number of hydrogen-bond donors (Lipinski definition) is 0. The Morgan fingerprint density at radius 3 is 2.03 bits per heavy atom. The summed E-state index contributed by atoms with van der Waals surface area (Å²) in [6, 6.07) is 8.38. The van der Waals surface area contributed by atoms with E-state index in [1.54, 1.807) is 0 Å². The number of aliphatic imine (C=N–C) groups is 2. The molecule has 36 heavy (non-hydrogen) atoms. The van der Waals surface area contributed by atoms with Gasteiger partial charge in [0.1, 0.15) is 0 Å². The Labute approximate surface area is 225 Å². The van der Waals surface area contributed by atoms with Crippen molar-refractivity contribution in [3.05, 3.63) is 72.4 Å². The molecule has 0 saturated carbocycles. The molecule has 3 aromatic heterocycles. The van der Waals surface area contributed by atoms with Crippen LogP contribution in [0.15, 0.2) is 51.2 Å². The molecular weight excluding hydrogens is 537 g/mol. The van der Waals surface area contributed by atoms with Crippen LogP contribution >= 0.6 is 45.9 Å². The highest BCUT2D eigenvalue weighted by Crippen LogP contribution is 2.33. The molecule has 2 aliphatic rings. The minimum absolute atomic E-state index is 0.534. The summed E-state index contributed by atoms with van der Waals surface area (Å²) in [5.74, 6) is 2.25. The lowest BCUT2D eigenvalue weighted by atomic mass is 10.0. The highest BCUT2D eigenvalue weighted by molar-refractivity contribution is 7.16. The number of rotatable bonds is 7. The molecule has 0 fully saturated rings. The summed E-state index contributed by atoms with van der Waals surface area (Å²) in [7, 11) is 0. The lowest BCUT2D eigenvalue weighted by molar-refractivity contribution is 0.388. The molecule has 0 unspecified atom stereocenters. The van der Waals surface area contributed by atoms with Gasteiger partial charge in [0.15, 0.2) is 26.3 Å². The fourth-order valence-corrected chi connectivity index (χ4v) is 6.37. The Morgan fingerprint density at radius 1 is 0.861 bits per heavy atom. The van der Waals surface area contributed by atoms with Crippen LogP contribution < -0.4 is 0 Å². The lowest BCUT2D eigenvalue weighted by Crippen LogP contribution is -2.29. The van der Waals surface area contributed by atoms with E-state index in [4.69, 9.17) is 37.7 Å². The van der Waals surface area contributed by atoms with Crippen molar-refractivity contribution in [1.82, 2.24) is 24.9 Å². The molecule has 184 valence electrons. The number of halogens is 2. The summed E-state index contributed by atoms with van der Waals surface area (Å²) in [5.41, 5.74) is 3.81. The van der Waals surface area contributed by atoms with E-state index in [9.17, 15) is 0 Å². The van der Waals surface area contributed by atoms with Gasteiger partial charge in [-0.1, -0.05) is 58.2 Å². The van der Waals surface area contributed by atoms with Gasteiger partial charge in [0.25, 0.3) is 0 Å². The first-order chi connectivity index (χ1) is 17.5. The van der Waals surface area contributed by atoms with Crippen LogP contribution in [-0.4, -0.2) is 62.8 Å². The molecule has 5 heterocycles. The summed E-state index contributed by atoms with van der Waals surface area (Å²) < 4.78 is 7.12. The van der Waals surface area contributed by atoms with Crippen molar-refractivity contribution >= 4 is 57.5 Å². The van der Waals surface area contributed by atoms with Gasteiger partial charge in [-0.15, -0.1) is 22.7 Å². The molecule has 2 aliphatic heterocycles. The molecule has 12 heteroatoms. The lowest BCUT2D eigenvalue weighted by Gasteiger charge is -2.20. The van der Waals surface area contributed by atoms with Crippen molar-refractivity contribution in [3.8, 4) is 11.1 Å². The number of nitrogens with zero attached hydrogens (tertiary/aromatic N) is 7. The molecule has 0 amide bonds. The molecule has 0 N–H and O–H groups in total. The summed E-state index contributed by atoms with van der Waals surface area (Å²) in [4.78, 5) is 24.5. The first-order valence-electron chi connectivity index (χ1n) is 11.4. The van der Waals surface area contributed by atoms with Crippen molar-refractivity contribution < 1.29 is 4.52 Å². The molecule has 0 atom stereocenters. The van der Waals surface area contributed by atoms with Gasteiger partial charge in [0.2, 0.25) is 5.76 Å². The van der Waals surface area contributed by atoms with Gasteiger partial charge < -0.3 is 14.3 Å². The number of thiazole rings is 2. The van der Waals surface area contributed by atoms with E-state index in [1.165, 1.54) is 28.2 Å². The van der Waals surface area contributed by atoms with Crippen molar-refractivity contribution in [3.63, 3.8) is 0 Å². The van der Waals surface area contributed by atoms with Crippen LogP contribution in [-0.2, 0) is 13.1 Å². The predicted octanol–water partition coefficient (Wildman–Crippen LogP) is 5.39. The van der Waals surface area contributed by atoms with Gasteiger partial charge in [-0.3, -0.25) is 9.98 Å². The Morgan fingerprint density at radius 2 is 1.44 bits per heavy atom. The van der Waals surface area contributed by atoms with Gasteiger partial charge in [-0.05, 0) is 12.5 Å². The first kappa shape index (κ1) is 23.6. The van der Waals surface area contributed by atoms with Crippen molar-refractivity contribution in [2.75, 3.05) is 26.2 Å². The fraction of sp³-hybridized carbons (Fsp3) is 0.292. The summed E-state index contributed by atoms with van der Waals surface area (Å²) in [6.45, 7) is 6.35. The van der Waals surface area contributed by atoms with E-state index < -0.39 is 0 Å². The van der Waals surface area contributed by atoms with Crippen LogP contribution in [0.5, 0.6) is 0 Å². The van der Waals surface area contributed by atoms with Gasteiger partial charge in [-0.2, -0.15) is 0 Å². The van der Waals surface area contributed by atoms with E-state index in [1.807, 2.05) is 12.4 Å². The minimum atomic E-state index is 0.534. The maximum atomic E-state index is 6.07. The summed E-state index contributed by atoms with van der Waals surface area (Å²) in [5, 5.41) is 4.56. The monoisotopic (exact) mass is 557 g/mol. The third-order valence-corrected chi connectivity index (χ3v) is 8.25. The molecule has 0 radical (unpaired) electrons. The summed E-state index contributed by atoms with van der Waals surface area (Å²) >= 11 is 15.1. The molecule has 8 nitrogen and oxygen atoms in total. The van der Waals surface area contributed by atoms with E-state index in [0.29, 0.717) is 40.9 Å². The second kappa shape index (κ2) is 9.93. The van der Waals surface area contributed by atoms with Crippen LogP contribution in [0.1, 0.15) is 26.8 Å². The Bertz CT molecular complexity index is 1370. The normalized spacial score (nSPS) is 15.6. The van der Waals surface area contributed by atoms with Gasteiger partial charge in [-0.25, -0.2) is 9.97 Å². The van der Waals surface area contributed by atoms with Gasteiger partial charge in [0, 0.05) is 35.2 Å². The number of amidine groups is 2. The maximum absolute atomic E-state index is 6.07. The molecule has 0 spiro atoms. The molecule has 4 aromatic rings. The van der Waals surface area contributed by atoms with Crippen LogP contribution in [0.25, 0.3) is 11.1 Å². The molecule has 0 bridgehead atoms. The molecule has 0 aliphatic carbocycles. The average Bonchev–Trinajstić information content (AvgIpc) is 3.68. The Balaban J connectivity index is 1.38. The average molecular weight is 559 g/mol. The smallest absolute Gasteiger partial charge is 0.210 e. The van der Waals surface area contributed by atoms with Crippen LogP contribution in [0, 0.1) is 6.92 Å². The first-order valence-corrected chi connectivity index (χ1v) is 13.8. The highest BCUT2D eigenvalue weighted by atomic mass is 35.5. The third kappa shape index (κ3) is 4.66. The zero-order valence-electron chi connectivity index (χ0n) is 19.3. The molecule has 6 rings (SSSR count). The largest absolute Gasteiger partial charge is 0.352 e. The topological polar surface area (TPSA) is 83.0 Å². The zero-order chi connectivity index (χ0) is 24.6. The van der Waals surface area contributed by atoms with Crippen molar-refractivity contribution in [1.29, 1.82) is 0 Å². The zero-order valence-corrected chi connectivity index (χ0v) is 22.5. The van der Waals surface area contributed by atoms with Crippen LogP contribution in [0.3, 0.4) is 0 Å². The Kier molecular flexibility index (Phi) is 6.51. The minimum Gasteiger partial charge on any atom is -0.352 e. The van der Waals surface area contributed by atoms with Crippen molar-refractivity contribution in [2.45, 2.75) is 20.0 Å². The van der Waals surface area contributed by atoms with E-state index >= 15 is 0 Å². The SMILES string of the molecule is Cc1ccc(-c2c(C3=NCCN3Cc3cnc(Cl)s3)noc2C2=NCCN2Cc2cnc(Cl)s2)cc1. The number of hydrogen-bond acceptors (Lipinski definition) is 10. The number of aryl methyl sites for hydroxylation is 1. The fourth-order valence-electron chi connectivity index (χ4n) is 4.39. The maximum Gasteiger partial charge on any atom is 0.210 e. The van der Waals surface area contributed by atoms with E-state index in [2.05, 4.69) is 56.1 Å². The van der Waals surface area contributed by atoms with Gasteiger partial charge in [0.05, 0.1) is 31.7 Å².